The number of primary sulfonamides is 1. The van der Waals surface area contributed by atoms with Crippen LogP contribution in [-0.2, 0) is 63.1 Å². The number of benzene rings is 3. The smallest absolute Gasteiger partial charge is 0.335 e. The van der Waals surface area contributed by atoms with Gasteiger partial charge in [0.1, 0.15) is 23.1 Å². The van der Waals surface area contributed by atoms with Gasteiger partial charge in [0, 0.05) is 104 Å². The molecule has 664 valence electrons. The van der Waals surface area contributed by atoms with Crippen LogP contribution in [0, 0.1) is 82.3 Å². The SMILES string of the molecule is CC(=O)C(C)C.CC(=O)NCC(=O)C(C)C.CC(C)C(=O)CC(C)(C)C.CC(C)C(=O)CC1CCCC1.CC(C)C(=O)CC1CCCCC1.CC(C)C(=O)OCC[Si](C)(C)C.CC(C)C(=O)c1ccc(C(=O)O)cc1.CC(C)C(=O)c1ccc(S(N)(=O)=O)cc1.CC(C)C(=O)c1ccccc1.CC(C)C[C@@H](NS(C)(=O)=O)C(=O)C(C)C. The predicted octanol–water partition coefficient (Wildman–Crippen LogP) is 19.8. The summed E-state index contributed by atoms with van der Waals surface area (Å²) in [5.74, 6) is 2.98. The molecule has 2 saturated carbocycles. The zero-order valence-corrected chi connectivity index (χ0v) is 79.8. The number of ether oxygens (including phenoxy) is 1. The van der Waals surface area contributed by atoms with Crippen molar-refractivity contribution >= 4 is 98.0 Å². The van der Waals surface area contributed by atoms with Crippen molar-refractivity contribution in [3.8, 4) is 0 Å². The van der Waals surface area contributed by atoms with Crippen LogP contribution in [0.3, 0.4) is 0 Å². The first kappa shape index (κ1) is 118. The van der Waals surface area contributed by atoms with Gasteiger partial charge in [0.15, 0.2) is 28.9 Å². The van der Waals surface area contributed by atoms with Crippen LogP contribution >= 0.6 is 0 Å². The molecule has 1 amide bonds. The van der Waals surface area contributed by atoms with Gasteiger partial charge in [-0.25, -0.2) is 31.5 Å². The van der Waals surface area contributed by atoms with Crippen LogP contribution < -0.4 is 15.2 Å². The van der Waals surface area contributed by atoms with Gasteiger partial charge in [0.2, 0.25) is 26.0 Å². The molecule has 0 bridgehead atoms. The van der Waals surface area contributed by atoms with Crippen molar-refractivity contribution in [2.24, 2.45) is 87.5 Å². The highest BCUT2D eigenvalue weighted by Gasteiger charge is 2.26. The van der Waals surface area contributed by atoms with Crippen LogP contribution in [0.15, 0.2) is 83.8 Å². The van der Waals surface area contributed by atoms with Crippen molar-refractivity contribution in [1.29, 1.82) is 0 Å². The van der Waals surface area contributed by atoms with Crippen LogP contribution in [0.25, 0.3) is 0 Å². The molecule has 0 spiro atoms. The van der Waals surface area contributed by atoms with Crippen LogP contribution in [-0.4, -0.2) is 125 Å². The van der Waals surface area contributed by atoms with Crippen molar-refractivity contribution in [1.82, 2.24) is 10.0 Å². The van der Waals surface area contributed by atoms with Gasteiger partial charge in [-0.2, -0.15) is 0 Å². The molecule has 3 aromatic carbocycles. The Morgan fingerprint density at radius 2 is 0.819 bits per heavy atom. The Hall–Kier alpha value is -6.86. The van der Waals surface area contributed by atoms with Gasteiger partial charge in [-0.05, 0) is 66.8 Å². The van der Waals surface area contributed by atoms with E-state index >= 15 is 0 Å². The third kappa shape index (κ3) is 65.1. The van der Waals surface area contributed by atoms with Crippen LogP contribution in [0.5, 0.6) is 0 Å². The number of amides is 1. The van der Waals surface area contributed by atoms with Gasteiger partial charge in [-0.3, -0.25) is 52.7 Å². The van der Waals surface area contributed by atoms with Crippen molar-refractivity contribution in [2.75, 3.05) is 19.4 Å². The number of ketones is 9. The van der Waals surface area contributed by atoms with Crippen molar-refractivity contribution < 1.29 is 84.2 Å². The number of carbonyl (C=O) groups excluding carboxylic acids is 11. The second kappa shape index (κ2) is 61.4. The molecule has 5 N–H and O–H groups in total. The highest BCUT2D eigenvalue weighted by molar-refractivity contribution is 7.89. The summed E-state index contributed by atoms with van der Waals surface area (Å²) in [7, 11) is -8.03. The van der Waals surface area contributed by atoms with Crippen LogP contribution in [0.1, 0.15) is 312 Å². The first-order valence-corrected chi connectivity index (χ1v) is 48.7. The first-order valence-electron chi connectivity index (χ1n) is 41.6. The lowest BCUT2D eigenvalue weighted by molar-refractivity contribution is -0.146. The first-order chi connectivity index (χ1) is 52.9. The molecule has 21 nitrogen and oxygen atoms in total. The number of rotatable bonds is 30. The number of Topliss-reactive ketones (excluding diaryl/α,β-unsaturated/α-hetero) is 9. The number of carboxylic acid groups (broad SMARTS) is 1. The third-order valence-electron chi connectivity index (χ3n) is 17.8. The Labute approximate surface area is 703 Å². The standard InChI is InChI=1S/C11H12O3.C11H20O.C10H13NO3S.C10H21NO3S.C10H18O.C10H12O.C9H20O2Si.C9H18O.C7H13NO2.C5H10O/c1-7(2)10(12)8-3-5-9(6-4-8)11(13)14;1-9(2)11(12)8-10-6-4-3-5-7-10;1-7(2)10(12)8-3-5-9(6-4-8)15(11,13)14;1-7(2)6-9(10(12)8(3)4)11-15(5,13)14;1-8(2)10(11)7-9-5-3-4-6-9;1-8(2)10(11)9-6-4-3-5-7-9;1-8(2)9(10)11-6-7-12(3,4)5;1-7(2)8(10)6-9(3,4)5;1-5(2)7(10)4-8-6(3)9;1-4(2)5(3)6/h3-7H,1-2H3,(H,13,14);9-10H,3-8H2,1-2H3;3-7H,1-2H3,(H2,11,13,14);7-9,11H,6H2,1-5H3;8-9H,3-7H2,1-2H3;3-8H,1-2H3;8H,6-7H2,1-5H3;7H,6H2,1-5H3;5H,4H2,1-3H3,(H,8,9);4H,1-3H3/t;;;9-;;;;;;/m...1....../s1. The van der Waals surface area contributed by atoms with Gasteiger partial charge >= 0.3 is 11.9 Å². The molecule has 5 rings (SSSR count). The molecule has 2 aliphatic rings. The lowest BCUT2D eigenvalue weighted by Crippen LogP contribution is -2.42. The van der Waals surface area contributed by atoms with Crippen molar-refractivity contribution in [3.63, 3.8) is 0 Å². The molecule has 2 aliphatic carbocycles. The molecule has 0 saturated heterocycles. The molecule has 3 aromatic rings. The molecule has 0 aliphatic heterocycles. The van der Waals surface area contributed by atoms with Gasteiger partial charge in [-0.1, -0.05) is 305 Å². The number of hydrogen-bond acceptors (Lipinski definition) is 17. The van der Waals surface area contributed by atoms with Crippen molar-refractivity contribution in [2.45, 2.75) is 307 Å². The van der Waals surface area contributed by atoms with E-state index in [1.807, 2.05) is 155 Å². The van der Waals surface area contributed by atoms with Crippen LogP contribution in [0.2, 0.25) is 25.7 Å². The maximum Gasteiger partial charge on any atom is 0.335 e. The minimum atomic E-state index is -3.68. The fraction of sp³-hybridized carbons (Fsp3) is 0.674. The second-order valence-corrected chi connectivity index (χ2v) is 45.1. The van der Waals surface area contributed by atoms with Gasteiger partial charge < -0.3 is 15.2 Å². The summed E-state index contributed by atoms with van der Waals surface area (Å²) in [5, 5.41) is 16.0. The van der Waals surface area contributed by atoms with E-state index in [1.165, 1.54) is 101 Å². The summed E-state index contributed by atoms with van der Waals surface area (Å²) >= 11 is 0. The molecule has 116 heavy (non-hydrogen) atoms. The zero-order chi connectivity index (χ0) is 91.5. The van der Waals surface area contributed by atoms with Gasteiger partial charge in [0.25, 0.3) is 0 Å². The monoisotopic (exact) mass is 1680 g/mol. The maximum absolute atomic E-state index is 11.7. The number of carboxylic acids is 1. The lowest BCUT2D eigenvalue weighted by atomic mass is 9.84. The normalized spacial score (nSPS) is 13.1. The van der Waals surface area contributed by atoms with E-state index in [0.29, 0.717) is 53.8 Å². The highest BCUT2D eigenvalue weighted by Crippen LogP contribution is 2.29. The van der Waals surface area contributed by atoms with E-state index in [-0.39, 0.29) is 134 Å². The largest absolute Gasteiger partial charge is 0.478 e. The number of carbonyl (C=O) groups is 12. The van der Waals surface area contributed by atoms with E-state index in [0.717, 1.165) is 36.6 Å². The van der Waals surface area contributed by atoms with Gasteiger partial charge in [0.05, 0.1) is 41.8 Å². The summed E-state index contributed by atoms with van der Waals surface area (Å²) in [6.07, 6.45) is 15.9. The Morgan fingerprint density at radius 3 is 1.09 bits per heavy atom. The number of nitrogens with two attached hydrogens (primary N) is 1. The topological polar surface area (TPSA) is 353 Å². The quantitative estimate of drug-likeness (QED) is 0.0274. The summed E-state index contributed by atoms with van der Waals surface area (Å²) in [4.78, 5) is 133. The van der Waals surface area contributed by atoms with E-state index in [4.69, 9.17) is 15.0 Å². The van der Waals surface area contributed by atoms with Crippen molar-refractivity contribution in [3.05, 3.63) is 101 Å². The lowest BCUT2D eigenvalue weighted by Gasteiger charge is -2.21. The molecule has 0 aromatic heterocycles. The highest BCUT2D eigenvalue weighted by atomic mass is 32.2. The maximum atomic E-state index is 11.7. The Kier molecular flexibility index (Phi) is 62.3. The van der Waals surface area contributed by atoms with E-state index in [9.17, 15) is 74.4 Å². The molecular formula is C92H157N3O18S2Si. The third-order valence-corrected chi connectivity index (χ3v) is 21.2. The fourth-order valence-electron chi connectivity index (χ4n) is 9.96. The average Bonchev–Trinajstić information content (AvgIpc) is 0.883. The molecule has 0 heterocycles. The minimum absolute atomic E-state index is 0.00614. The Balaban J connectivity index is -0.000000396. The van der Waals surface area contributed by atoms with Gasteiger partial charge in [-0.15, -0.1) is 0 Å². The number of sulfonamides is 2. The number of hydrogen-bond donors (Lipinski definition) is 4. The number of nitrogens with one attached hydrogen (secondary N) is 2. The predicted molar refractivity (Wildman–Crippen MR) is 476 cm³/mol. The average molecular weight is 1690 g/mol. The summed E-state index contributed by atoms with van der Waals surface area (Å²) in [6, 6.07) is 21.5. The summed E-state index contributed by atoms with van der Waals surface area (Å²) in [6.45, 7) is 58.4. The number of esters is 1. The minimum Gasteiger partial charge on any atom is -0.478 e. The van der Waals surface area contributed by atoms with E-state index in [1.54, 1.807) is 46.8 Å². The summed E-state index contributed by atoms with van der Waals surface area (Å²) in [5.41, 5.74) is 2.22. The molecule has 0 radical (unpaired) electrons. The Morgan fingerprint density at radius 1 is 0.474 bits per heavy atom. The second-order valence-electron chi connectivity index (χ2n) is 36.1. The number of aromatic carboxylic acids is 1. The molecule has 24 heteroatoms. The molecular weight excluding hydrogens is 1530 g/mol. The van der Waals surface area contributed by atoms with Crippen LogP contribution in [0.4, 0.5) is 0 Å². The molecule has 2 fully saturated rings. The Bertz CT molecular complexity index is 3610. The molecule has 1 atom stereocenters. The van der Waals surface area contributed by atoms with E-state index in [2.05, 4.69) is 50.5 Å². The zero-order valence-electron chi connectivity index (χ0n) is 77.2. The van der Waals surface area contributed by atoms with E-state index < -0.39 is 40.1 Å². The molecule has 0 unspecified atom stereocenters. The summed E-state index contributed by atoms with van der Waals surface area (Å²) < 4.78 is 51.5. The fourth-order valence-corrected chi connectivity index (χ4v) is 11.9.